The van der Waals surface area contributed by atoms with Crippen molar-refractivity contribution in [2.45, 2.75) is 33.1 Å². The van der Waals surface area contributed by atoms with E-state index in [4.69, 9.17) is 0 Å². The molecule has 2 aromatic heterocycles. The van der Waals surface area contributed by atoms with Gasteiger partial charge in [-0.3, -0.25) is 4.98 Å². The summed E-state index contributed by atoms with van der Waals surface area (Å²) in [6, 6.07) is 4.26. The van der Waals surface area contributed by atoms with E-state index in [0.717, 1.165) is 11.2 Å². The summed E-state index contributed by atoms with van der Waals surface area (Å²) in [5, 5.41) is 1.25. The van der Waals surface area contributed by atoms with Crippen molar-refractivity contribution >= 4 is 10.9 Å². The molecule has 0 fully saturated rings. The molecule has 0 aromatic carbocycles. The number of pyridine rings is 1. The summed E-state index contributed by atoms with van der Waals surface area (Å²) in [6.45, 7) is 8.66. The molecule has 14 heavy (non-hydrogen) atoms. The van der Waals surface area contributed by atoms with E-state index in [0.29, 0.717) is 0 Å². The number of aryl methyl sites for hydroxylation is 1. The zero-order valence-electron chi connectivity index (χ0n) is 9.18. The Morgan fingerprint density at radius 2 is 2.00 bits per heavy atom. The molecule has 2 rings (SSSR count). The molecule has 2 heteroatoms. The SMILES string of the molecule is Cc1nccc2cc(C(C)(C)C)[nH]c12. The number of hydrogen-bond donors (Lipinski definition) is 1. The number of aromatic nitrogens is 2. The Hall–Kier alpha value is -1.31. The molecule has 0 spiro atoms. The van der Waals surface area contributed by atoms with Gasteiger partial charge < -0.3 is 4.98 Å². The van der Waals surface area contributed by atoms with E-state index < -0.39 is 0 Å². The van der Waals surface area contributed by atoms with Crippen molar-refractivity contribution < 1.29 is 0 Å². The van der Waals surface area contributed by atoms with Crippen molar-refractivity contribution in [2.24, 2.45) is 0 Å². The second-order valence-electron chi connectivity index (χ2n) is 4.79. The number of nitrogens with zero attached hydrogens (tertiary/aromatic N) is 1. The summed E-state index contributed by atoms with van der Waals surface area (Å²) < 4.78 is 0. The molecule has 0 atom stereocenters. The fraction of sp³-hybridized carbons (Fsp3) is 0.417. The molecule has 0 bridgehead atoms. The number of aromatic amines is 1. The van der Waals surface area contributed by atoms with Gasteiger partial charge in [0, 0.05) is 22.7 Å². The summed E-state index contributed by atoms with van der Waals surface area (Å²) >= 11 is 0. The lowest BCUT2D eigenvalue weighted by molar-refractivity contribution is 0.574. The molecule has 0 amide bonds. The fourth-order valence-electron chi connectivity index (χ4n) is 1.60. The number of hydrogen-bond acceptors (Lipinski definition) is 1. The van der Waals surface area contributed by atoms with Gasteiger partial charge in [0.05, 0.1) is 11.2 Å². The van der Waals surface area contributed by atoms with Gasteiger partial charge in [-0.2, -0.15) is 0 Å². The Morgan fingerprint density at radius 1 is 1.29 bits per heavy atom. The molecule has 2 heterocycles. The molecular weight excluding hydrogens is 172 g/mol. The van der Waals surface area contributed by atoms with Crippen LogP contribution in [0, 0.1) is 6.92 Å². The Balaban J connectivity index is 2.69. The van der Waals surface area contributed by atoms with E-state index in [9.17, 15) is 0 Å². The average Bonchev–Trinajstić information content (AvgIpc) is 2.48. The van der Waals surface area contributed by atoms with Gasteiger partial charge in [0.15, 0.2) is 0 Å². The van der Waals surface area contributed by atoms with Crippen molar-refractivity contribution in [1.82, 2.24) is 9.97 Å². The number of fused-ring (bicyclic) bond motifs is 1. The molecule has 2 aromatic rings. The Kier molecular flexibility index (Phi) is 1.88. The highest BCUT2D eigenvalue weighted by Gasteiger charge is 2.16. The highest BCUT2D eigenvalue weighted by atomic mass is 14.8. The largest absolute Gasteiger partial charge is 0.356 e. The van der Waals surface area contributed by atoms with Crippen LogP contribution in [0.2, 0.25) is 0 Å². The molecule has 1 N–H and O–H groups in total. The van der Waals surface area contributed by atoms with Crippen molar-refractivity contribution in [3.05, 3.63) is 29.7 Å². The fourth-order valence-corrected chi connectivity index (χ4v) is 1.60. The van der Waals surface area contributed by atoms with Crippen LogP contribution in [0.15, 0.2) is 18.3 Å². The van der Waals surface area contributed by atoms with E-state index in [2.05, 4.69) is 36.8 Å². The minimum Gasteiger partial charge on any atom is -0.356 e. The first kappa shape index (κ1) is 9.25. The standard InChI is InChI=1S/C12H16N2/c1-8-11-9(5-6-13-8)7-10(14-11)12(2,3)4/h5-7,14H,1-4H3. The van der Waals surface area contributed by atoms with Crippen LogP contribution < -0.4 is 0 Å². The van der Waals surface area contributed by atoms with Crippen LogP contribution in [0.5, 0.6) is 0 Å². The molecule has 74 valence electrons. The van der Waals surface area contributed by atoms with Crippen molar-refractivity contribution in [3.63, 3.8) is 0 Å². The lowest BCUT2D eigenvalue weighted by atomic mass is 9.92. The van der Waals surface area contributed by atoms with Crippen LogP contribution in [-0.2, 0) is 5.41 Å². The van der Waals surface area contributed by atoms with Crippen LogP contribution in [0.1, 0.15) is 32.2 Å². The quantitative estimate of drug-likeness (QED) is 0.676. The van der Waals surface area contributed by atoms with E-state index >= 15 is 0 Å². The van der Waals surface area contributed by atoms with Gasteiger partial charge in [0.25, 0.3) is 0 Å². The maximum atomic E-state index is 4.27. The zero-order valence-corrected chi connectivity index (χ0v) is 9.18. The summed E-state index contributed by atoms with van der Waals surface area (Å²) in [6.07, 6.45) is 1.86. The highest BCUT2D eigenvalue weighted by Crippen LogP contribution is 2.26. The summed E-state index contributed by atoms with van der Waals surface area (Å²) in [5.74, 6) is 0. The lowest BCUT2D eigenvalue weighted by Crippen LogP contribution is -2.11. The molecule has 0 aliphatic heterocycles. The third-order valence-electron chi connectivity index (χ3n) is 2.54. The Bertz CT molecular complexity index is 461. The Morgan fingerprint density at radius 3 is 2.57 bits per heavy atom. The molecular formula is C12H16N2. The third-order valence-corrected chi connectivity index (χ3v) is 2.54. The first-order valence-electron chi connectivity index (χ1n) is 4.93. The number of nitrogens with one attached hydrogen (secondary N) is 1. The normalized spacial score (nSPS) is 12.3. The van der Waals surface area contributed by atoms with Crippen LogP contribution >= 0.6 is 0 Å². The van der Waals surface area contributed by atoms with Crippen LogP contribution in [0.4, 0.5) is 0 Å². The summed E-state index contributed by atoms with van der Waals surface area (Å²) in [4.78, 5) is 7.71. The van der Waals surface area contributed by atoms with Gasteiger partial charge in [0.1, 0.15) is 0 Å². The second kappa shape index (κ2) is 2.84. The zero-order chi connectivity index (χ0) is 10.3. The van der Waals surface area contributed by atoms with Gasteiger partial charge >= 0.3 is 0 Å². The van der Waals surface area contributed by atoms with E-state index in [-0.39, 0.29) is 5.41 Å². The molecule has 0 aliphatic rings. The number of H-pyrrole nitrogens is 1. The first-order valence-corrected chi connectivity index (χ1v) is 4.93. The molecule has 0 saturated heterocycles. The topological polar surface area (TPSA) is 28.7 Å². The lowest BCUT2D eigenvalue weighted by Gasteiger charge is -2.15. The summed E-state index contributed by atoms with van der Waals surface area (Å²) in [7, 11) is 0. The van der Waals surface area contributed by atoms with Gasteiger partial charge in [0.2, 0.25) is 0 Å². The first-order chi connectivity index (χ1) is 6.48. The molecule has 0 radical (unpaired) electrons. The maximum Gasteiger partial charge on any atom is 0.0672 e. The minimum atomic E-state index is 0.172. The Labute approximate surface area is 84.4 Å². The summed E-state index contributed by atoms with van der Waals surface area (Å²) in [5.41, 5.74) is 3.67. The third kappa shape index (κ3) is 1.41. The van der Waals surface area contributed by atoms with Crippen LogP contribution in [0.25, 0.3) is 10.9 Å². The van der Waals surface area contributed by atoms with Gasteiger partial charge in [-0.25, -0.2) is 0 Å². The van der Waals surface area contributed by atoms with Crippen molar-refractivity contribution in [1.29, 1.82) is 0 Å². The molecule has 0 unspecified atom stereocenters. The van der Waals surface area contributed by atoms with Crippen LogP contribution in [0.3, 0.4) is 0 Å². The molecule has 2 nitrogen and oxygen atoms in total. The molecule has 0 aliphatic carbocycles. The van der Waals surface area contributed by atoms with E-state index in [1.807, 2.05) is 19.2 Å². The van der Waals surface area contributed by atoms with Gasteiger partial charge in [-0.05, 0) is 19.1 Å². The van der Waals surface area contributed by atoms with Gasteiger partial charge in [-0.15, -0.1) is 0 Å². The predicted molar refractivity (Wildman–Crippen MR) is 59.5 cm³/mol. The predicted octanol–water partition coefficient (Wildman–Crippen LogP) is 3.17. The van der Waals surface area contributed by atoms with E-state index in [1.54, 1.807) is 0 Å². The second-order valence-corrected chi connectivity index (χ2v) is 4.79. The van der Waals surface area contributed by atoms with Crippen molar-refractivity contribution in [3.8, 4) is 0 Å². The number of rotatable bonds is 0. The highest BCUT2D eigenvalue weighted by molar-refractivity contribution is 5.82. The van der Waals surface area contributed by atoms with Crippen LogP contribution in [-0.4, -0.2) is 9.97 Å². The molecule has 0 saturated carbocycles. The van der Waals surface area contributed by atoms with Gasteiger partial charge in [-0.1, -0.05) is 20.8 Å². The monoisotopic (exact) mass is 188 g/mol. The van der Waals surface area contributed by atoms with E-state index in [1.165, 1.54) is 11.1 Å². The van der Waals surface area contributed by atoms with Crippen molar-refractivity contribution in [2.75, 3.05) is 0 Å². The smallest absolute Gasteiger partial charge is 0.0672 e. The maximum absolute atomic E-state index is 4.27. The minimum absolute atomic E-state index is 0.172. The average molecular weight is 188 g/mol.